The lowest BCUT2D eigenvalue weighted by Gasteiger charge is -2.26. The van der Waals surface area contributed by atoms with Gasteiger partial charge in [0, 0.05) is 6.54 Å². The van der Waals surface area contributed by atoms with Crippen LogP contribution in [0, 0.1) is 11.8 Å². The summed E-state index contributed by atoms with van der Waals surface area (Å²) >= 11 is 0. The monoisotopic (exact) mass is 487 g/mol. The van der Waals surface area contributed by atoms with Crippen LogP contribution in [0.25, 0.3) is 0 Å². The number of rotatable bonds is 15. The Labute approximate surface area is 198 Å². The first kappa shape index (κ1) is 30.6. The van der Waals surface area contributed by atoms with Crippen molar-refractivity contribution in [2.45, 2.75) is 71.1 Å². The standard InChI is InChI=1S/C20H37N7O7/c1-9(2)14(21)18(32)26-12(8-13(28)29)17(31)25-11(6-5-7-24-20(22)23)16(30)27-15(10(3)4)19(33)34/h9-12,14-15H,5-8,21H2,1-4H3,(H,25,31)(H,26,32)(H,27,30)(H,28,29)(H,33,34)(H4,22,23,24). The fraction of sp³-hybridized carbons (Fsp3) is 0.700. The largest absolute Gasteiger partial charge is 0.481 e. The van der Waals surface area contributed by atoms with Crippen LogP contribution in [-0.2, 0) is 24.0 Å². The van der Waals surface area contributed by atoms with E-state index in [4.69, 9.17) is 22.3 Å². The summed E-state index contributed by atoms with van der Waals surface area (Å²) in [5, 5.41) is 25.6. The van der Waals surface area contributed by atoms with Gasteiger partial charge in [-0.15, -0.1) is 0 Å². The maximum absolute atomic E-state index is 12.8. The zero-order valence-corrected chi connectivity index (χ0v) is 19.9. The van der Waals surface area contributed by atoms with Crippen molar-refractivity contribution in [3.05, 3.63) is 0 Å². The second kappa shape index (κ2) is 14.7. The van der Waals surface area contributed by atoms with Crippen LogP contribution in [0.1, 0.15) is 47.0 Å². The lowest BCUT2D eigenvalue weighted by molar-refractivity contribution is -0.144. The second-order valence-electron chi connectivity index (χ2n) is 8.51. The molecule has 0 aliphatic heterocycles. The van der Waals surface area contributed by atoms with Crippen LogP contribution in [0.2, 0.25) is 0 Å². The van der Waals surface area contributed by atoms with Gasteiger partial charge in [-0.05, 0) is 24.7 Å². The Morgan fingerprint density at radius 1 is 0.824 bits per heavy atom. The van der Waals surface area contributed by atoms with Gasteiger partial charge >= 0.3 is 11.9 Å². The highest BCUT2D eigenvalue weighted by atomic mass is 16.4. The highest BCUT2D eigenvalue weighted by molar-refractivity contribution is 5.95. The predicted octanol–water partition coefficient (Wildman–Crippen LogP) is -2.31. The number of carboxylic acid groups (broad SMARTS) is 2. The van der Waals surface area contributed by atoms with Gasteiger partial charge in [-0.1, -0.05) is 27.7 Å². The van der Waals surface area contributed by atoms with Gasteiger partial charge in [0.1, 0.15) is 18.1 Å². The van der Waals surface area contributed by atoms with Crippen molar-refractivity contribution >= 4 is 35.6 Å². The SMILES string of the molecule is CC(C)C(N)C(=O)NC(CC(=O)O)C(=O)NC(CCCN=C(N)N)C(=O)NC(C(=O)O)C(C)C. The summed E-state index contributed by atoms with van der Waals surface area (Å²) in [5.41, 5.74) is 16.3. The van der Waals surface area contributed by atoms with E-state index in [0.29, 0.717) is 0 Å². The van der Waals surface area contributed by atoms with Gasteiger partial charge in [-0.2, -0.15) is 0 Å². The molecule has 4 atom stereocenters. The minimum Gasteiger partial charge on any atom is -0.481 e. The summed E-state index contributed by atoms with van der Waals surface area (Å²) in [6, 6.07) is -4.95. The fourth-order valence-corrected chi connectivity index (χ4v) is 2.77. The van der Waals surface area contributed by atoms with Gasteiger partial charge in [0.15, 0.2) is 5.96 Å². The van der Waals surface area contributed by atoms with Crippen molar-refractivity contribution < 1.29 is 34.2 Å². The number of aliphatic carboxylic acids is 2. The molecule has 0 aromatic rings. The number of carboxylic acids is 2. The van der Waals surface area contributed by atoms with Crippen LogP contribution in [0.3, 0.4) is 0 Å². The Bertz CT molecular complexity index is 766. The minimum atomic E-state index is -1.51. The number of carbonyl (C=O) groups is 5. The molecule has 0 aromatic carbocycles. The van der Waals surface area contributed by atoms with E-state index in [1.54, 1.807) is 27.7 Å². The molecule has 14 heteroatoms. The Hall–Kier alpha value is -3.42. The topological polar surface area (TPSA) is 252 Å². The second-order valence-corrected chi connectivity index (χ2v) is 8.51. The van der Waals surface area contributed by atoms with E-state index >= 15 is 0 Å². The molecule has 0 radical (unpaired) electrons. The number of aliphatic imine (C=N–C) groups is 1. The summed E-state index contributed by atoms with van der Waals surface area (Å²) in [7, 11) is 0. The Kier molecular flexibility index (Phi) is 13.2. The number of hydrogen-bond donors (Lipinski definition) is 8. The van der Waals surface area contributed by atoms with Crippen molar-refractivity contribution in [2.24, 2.45) is 34.0 Å². The van der Waals surface area contributed by atoms with Crippen LogP contribution >= 0.6 is 0 Å². The molecule has 14 nitrogen and oxygen atoms in total. The van der Waals surface area contributed by atoms with Crippen LogP contribution in [0.4, 0.5) is 0 Å². The number of nitrogens with two attached hydrogens (primary N) is 3. The Morgan fingerprint density at radius 3 is 1.79 bits per heavy atom. The molecule has 11 N–H and O–H groups in total. The molecule has 0 fully saturated rings. The quantitative estimate of drug-likeness (QED) is 0.0695. The number of nitrogens with zero attached hydrogens (tertiary/aromatic N) is 1. The van der Waals surface area contributed by atoms with E-state index in [1.165, 1.54) is 0 Å². The number of amides is 3. The van der Waals surface area contributed by atoms with E-state index in [9.17, 15) is 29.1 Å². The zero-order valence-electron chi connectivity index (χ0n) is 19.9. The number of hydrogen-bond acceptors (Lipinski definition) is 7. The van der Waals surface area contributed by atoms with Crippen molar-refractivity contribution in [3.63, 3.8) is 0 Å². The van der Waals surface area contributed by atoms with E-state index in [-0.39, 0.29) is 31.3 Å². The molecule has 34 heavy (non-hydrogen) atoms. The van der Waals surface area contributed by atoms with Crippen LogP contribution in [0.15, 0.2) is 4.99 Å². The molecule has 0 rings (SSSR count). The van der Waals surface area contributed by atoms with E-state index in [0.717, 1.165) is 0 Å². The molecule has 4 unspecified atom stereocenters. The van der Waals surface area contributed by atoms with Gasteiger partial charge in [0.25, 0.3) is 0 Å². The highest BCUT2D eigenvalue weighted by Gasteiger charge is 2.32. The molecule has 3 amide bonds. The molecular formula is C20H37N7O7. The first-order chi connectivity index (χ1) is 15.7. The Balaban J connectivity index is 5.64. The average Bonchev–Trinajstić information content (AvgIpc) is 2.71. The molecule has 0 aliphatic carbocycles. The number of nitrogens with one attached hydrogen (secondary N) is 3. The molecule has 0 heterocycles. The van der Waals surface area contributed by atoms with Gasteiger partial charge in [-0.25, -0.2) is 4.79 Å². The van der Waals surface area contributed by atoms with Crippen molar-refractivity contribution in [1.29, 1.82) is 0 Å². The first-order valence-electron chi connectivity index (χ1n) is 10.8. The molecular weight excluding hydrogens is 450 g/mol. The molecule has 194 valence electrons. The predicted molar refractivity (Wildman–Crippen MR) is 123 cm³/mol. The van der Waals surface area contributed by atoms with Crippen LogP contribution in [-0.4, -0.2) is 76.5 Å². The summed E-state index contributed by atoms with van der Waals surface area (Å²) < 4.78 is 0. The van der Waals surface area contributed by atoms with Crippen molar-refractivity contribution in [1.82, 2.24) is 16.0 Å². The third-order valence-electron chi connectivity index (χ3n) is 4.84. The molecule has 0 aromatic heterocycles. The minimum absolute atomic E-state index is 0.0119. The zero-order chi connectivity index (χ0) is 26.6. The molecule has 0 saturated heterocycles. The van der Waals surface area contributed by atoms with Gasteiger partial charge < -0.3 is 43.4 Å². The average molecular weight is 488 g/mol. The van der Waals surface area contributed by atoms with Gasteiger partial charge in [0.05, 0.1) is 12.5 Å². The summed E-state index contributed by atoms with van der Waals surface area (Å²) in [5.74, 6) is -5.96. The smallest absolute Gasteiger partial charge is 0.326 e. The van der Waals surface area contributed by atoms with E-state index in [2.05, 4.69) is 20.9 Å². The maximum Gasteiger partial charge on any atom is 0.326 e. The van der Waals surface area contributed by atoms with E-state index < -0.39 is 66.2 Å². The van der Waals surface area contributed by atoms with E-state index in [1.807, 2.05) is 0 Å². The van der Waals surface area contributed by atoms with Crippen molar-refractivity contribution in [3.8, 4) is 0 Å². The van der Waals surface area contributed by atoms with Crippen LogP contribution < -0.4 is 33.2 Å². The molecule has 0 saturated carbocycles. The third kappa shape index (κ3) is 11.4. The fourth-order valence-electron chi connectivity index (χ4n) is 2.77. The molecule has 0 aliphatic rings. The summed E-state index contributed by atoms with van der Waals surface area (Å²) in [4.78, 5) is 64.4. The number of guanidine groups is 1. The van der Waals surface area contributed by atoms with Gasteiger partial charge in [0.2, 0.25) is 17.7 Å². The summed E-state index contributed by atoms with van der Waals surface area (Å²) in [6.07, 6.45) is -0.504. The summed E-state index contributed by atoms with van der Waals surface area (Å²) in [6.45, 7) is 6.69. The third-order valence-corrected chi connectivity index (χ3v) is 4.84. The number of carbonyl (C=O) groups excluding carboxylic acids is 3. The lowest BCUT2D eigenvalue weighted by Crippen LogP contribution is -2.58. The first-order valence-corrected chi connectivity index (χ1v) is 10.8. The normalized spacial score (nSPS) is 14.4. The van der Waals surface area contributed by atoms with Crippen molar-refractivity contribution in [2.75, 3.05) is 6.54 Å². The lowest BCUT2D eigenvalue weighted by atomic mass is 10.0. The molecule has 0 spiro atoms. The van der Waals surface area contributed by atoms with Gasteiger partial charge in [-0.3, -0.25) is 24.2 Å². The maximum atomic E-state index is 12.8. The van der Waals surface area contributed by atoms with Crippen LogP contribution in [0.5, 0.6) is 0 Å². The highest BCUT2D eigenvalue weighted by Crippen LogP contribution is 2.07. The molecule has 0 bridgehead atoms. The Morgan fingerprint density at radius 2 is 1.35 bits per heavy atom.